The first-order valence-corrected chi connectivity index (χ1v) is 4.66. The smallest absolute Gasteiger partial charge is 0.0668 e. The van der Waals surface area contributed by atoms with Crippen LogP contribution in [-0.4, -0.2) is 16.0 Å². The molecule has 2 atom stereocenters. The van der Waals surface area contributed by atoms with Crippen LogP contribution in [0.5, 0.6) is 0 Å². The molecule has 0 bridgehead atoms. The normalized spacial score (nSPS) is 36.6. The first kappa shape index (κ1) is 6.16. The fourth-order valence-corrected chi connectivity index (χ4v) is 2.56. The van der Waals surface area contributed by atoms with Gasteiger partial charge in [-0.2, -0.15) is 0 Å². The van der Waals surface area contributed by atoms with E-state index in [0.29, 0.717) is 5.25 Å². The van der Waals surface area contributed by atoms with Crippen molar-refractivity contribution in [2.45, 2.75) is 11.7 Å². The number of hydrogen-bond acceptors (Lipinski definition) is 2. The summed E-state index contributed by atoms with van der Waals surface area (Å²) in [7, 11) is -0.728. The van der Waals surface area contributed by atoms with Gasteiger partial charge in [-0.1, -0.05) is 0 Å². The minimum Gasteiger partial charge on any atom is -0.391 e. The maximum absolute atomic E-state index is 11.2. The van der Waals surface area contributed by atoms with E-state index in [4.69, 9.17) is 0 Å². The third kappa shape index (κ3) is 0.814. The van der Waals surface area contributed by atoms with Gasteiger partial charge in [0.05, 0.1) is 16.0 Å². The Morgan fingerprint density at radius 1 is 1.70 bits per heavy atom. The molecule has 0 aliphatic carbocycles. The zero-order valence-electron chi connectivity index (χ0n) is 5.54. The summed E-state index contributed by atoms with van der Waals surface area (Å²) in [5.41, 5.74) is 1.20. The van der Waals surface area contributed by atoms with Crippen molar-refractivity contribution in [2.75, 3.05) is 6.54 Å². The van der Waals surface area contributed by atoms with Crippen LogP contribution in [0.1, 0.15) is 6.42 Å². The predicted molar refractivity (Wildman–Crippen MR) is 41.8 cm³/mol. The zero-order chi connectivity index (χ0) is 6.97. The first-order chi connectivity index (χ1) is 4.88. The van der Waals surface area contributed by atoms with Gasteiger partial charge >= 0.3 is 0 Å². The summed E-state index contributed by atoms with van der Waals surface area (Å²) in [6.45, 7) is 0.960. The number of nitrogens with one attached hydrogen (secondary N) is 1. The number of fused-ring (bicyclic) bond motifs is 1. The van der Waals surface area contributed by atoms with Crippen LogP contribution >= 0.6 is 0 Å². The van der Waals surface area contributed by atoms with Crippen molar-refractivity contribution in [1.82, 2.24) is 5.32 Å². The van der Waals surface area contributed by atoms with Crippen LogP contribution < -0.4 is 5.32 Å². The fraction of sp³-hybridized carbons (Fsp3) is 0.429. The van der Waals surface area contributed by atoms with Gasteiger partial charge in [0.1, 0.15) is 0 Å². The molecule has 2 heterocycles. The fourth-order valence-electron chi connectivity index (χ4n) is 1.31. The van der Waals surface area contributed by atoms with Crippen LogP contribution in [0.3, 0.4) is 0 Å². The molecule has 0 saturated heterocycles. The molecule has 2 rings (SSSR count). The van der Waals surface area contributed by atoms with E-state index in [0.717, 1.165) is 13.0 Å². The van der Waals surface area contributed by atoms with Gasteiger partial charge in [-0.25, -0.2) is 0 Å². The lowest BCUT2D eigenvalue weighted by atomic mass is 10.1. The molecule has 0 aromatic heterocycles. The molecule has 0 fully saturated rings. The lowest BCUT2D eigenvalue weighted by Gasteiger charge is -2.16. The van der Waals surface area contributed by atoms with Crippen molar-refractivity contribution in [2.24, 2.45) is 0 Å². The van der Waals surface area contributed by atoms with E-state index in [1.807, 2.05) is 12.3 Å². The van der Waals surface area contributed by atoms with Crippen molar-refractivity contribution in [3.63, 3.8) is 0 Å². The highest BCUT2D eigenvalue weighted by molar-refractivity contribution is 7.89. The summed E-state index contributed by atoms with van der Waals surface area (Å²) in [4.78, 5) is 0. The van der Waals surface area contributed by atoms with Gasteiger partial charge in [0.15, 0.2) is 0 Å². The lowest BCUT2D eigenvalue weighted by molar-refractivity contribution is 0.664. The Labute approximate surface area is 62.5 Å². The summed E-state index contributed by atoms with van der Waals surface area (Å²) in [5.74, 6) is 0. The average molecular weight is 155 g/mol. The van der Waals surface area contributed by atoms with E-state index in [1.165, 1.54) is 5.57 Å². The maximum Gasteiger partial charge on any atom is 0.0668 e. The SMILES string of the molecule is O=S1C=CC2=CNCCC21. The van der Waals surface area contributed by atoms with Gasteiger partial charge in [-0.3, -0.25) is 4.21 Å². The van der Waals surface area contributed by atoms with Crippen molar-refractivity contribution in [1.29, 1.82) is 0 Å². The molecule has 2 aliphatic heterocycles. The monoisotopic (exact) mass is 155 g/mol. The third-order valence-corrected chi connectivity index (χ3v) is 3.34. The molecule has 2 nitrogen and oxygen atoms in total. The highest BCUT2D eigenvalue weighted by Gasteiger charge is 2.24. The molecule has 54 valence electrons. The van der Waals surface area contributed by atoms with E-state index < -0.39 is 10.8 Å². The van der Waals surface area contributed by atoms with Crippen molar-refractivity contribution in [3.8, 4) is 0 Å². The molecular formula is C7H9NOS. The Bertz CT molecular complexity index is 232. The Morgan fingerprint density at radius 3 is 3.40 bits per heavy atom. The lowest BCUT2D eigenvalue weighted by Crippen LogP contribution is -2.24. The second-order valence-corrected chi connectivity index (χ2v) is 4.01. The second kappa shape index (κ2) is 2.23. The molecule has 3 heteroatoms. The van der Waals surface area contributed by atoms with Crippen molar-refractivity contribution in [3.05, 3.63) is 23.3 Å². The van der Waals surface area contributed by atoms with Crippen LogP contribution in [0, 0.1) is 0 Å². The molecule has 0 aromatic carbocycles. The van der Waals surface area contributed by atoms with E-state index in [9.17, 15) is 4.21 Å². The molecule has 0 spiro atoms. The van der Waals surface area contributed by atoms with E-state index in [1.54, 1.807) is 5.41 Å². The minimum atomic E-state index is -0.728. The number of hydrogen-bond donors (Lipinski definition) is 1. The second-order valence-electron chi connectivity index (χ2n) is 2.51. The molecule has 0 amide bonds. The van der Waals surface area contributed by atoms with Gasteiger partial charge in [-0.15, -0.1) is 0 Å². The Morgan fingerprint density at radius 2 is 2.60 bits per heavy atom. The molecular weight excluding hydrogens is 146 g/mol. The third-order valence-electron chi connectivity index (χ3n) is 1.87. The molecule has 0 radical (unpaired) electrons. The van der Waals surface area contributed by atoms with Crippen molar-refractivity contribution >= 4 is 10.8 Å². The van der Waals surface area contributed by atoms with E-state index >= 15 is 0 Å². The summed E-state index contributed by atoms with van der Waals surface area (Å²) in [6.07, 6.45) is 4.92. The van der Waals surface area contributed by atoms with Crippen LogP contribution in [-0.2, 0) is 10.8 Å². The molecule has 0 saturated carbocycles. The van der Waals surface area contributed by atoms with Gasteiger partial charge in [0.25, 0.3) is 0 Å². The van der Waals surface area contributed by atoms with Crippen LogP contribution in [0.2, 0.25) is 0 Å². The standard InChI is InChI=1S/C7H9NOS/c9-10-4-2-6-5-8-3-1-7(6)10/h2,4-5,7-8H,1,3H2. The number of allylic oxidation sites excluding steroid dienone is 1. The van der Waals surface area contributed by atoms with E-state index in [2.05, 4.69) is 5.32 Å². The minimum absolute atomic E-state index is 0.293. The molecule has 1 N–H and O–H groups in total. The predicted octanol–water partition coefficient (Wildman–Crippen LogP) is 0.508. The van der Waals surface area contributed by atoms with Gasteiger partial charge in [0, 0.05) is 18.2 Å². The highest BCUT2D eigenvalue weighted by atomic mass is 32.2. The van der Waals surface area contributed by atoms with Crippen LogP contribution in [0.4, 0.5) is 0 Å². The highest BCUT2D eigenvalue weighted by Crippen LogP contribution is 2.23. The zero-order valence-corrected chi connectivity index (χ0v) is 6.36. The molecule has 0 aromatic rings. The van der Waals surface area contributed by atoms with Gasteiger partial charge < -0.3 is 5.32 Å². The van der Waals surface area contributed by atoms with Crippen molar-refractivity contribution < 1.29 is 4.21 Å². The summed E-state index contributed by atoms with van der Waals surface area (Å²) in [5, 5.41) is 5.20. The van der Waals surface area contributed by atoms with Crippen LogP contribution in [0.15, 0.2) is 23.3 Å². The largest absolute Gasteiger partial charge is 0.391 e. The summed E-state index contributed by atoms with van der Waals surface area (Å²) in [6, 6.07) is 0. The van der Waals surface area contributed by atoms with E-state index in [-0.39, 0.29) is 0 Å². The maximum atomic E-state index is 11.2. The average Bonchev–Trinajstić information content (AvgIpc) is 2.34. The molecule has 2 aliphatic rings. The summed E-state index contributed by atoms with van der Waals surface area (Å²) >= 11 is 0. The molecule has 2 unspecified atom stereocenters. The number of rotatable bonds is 0. The first-order valence-electron chi connectivity index (χ1n) is 3.39. The Balaban J connectivity index is 2.32. The summed E-state index contributed by atoms with van der Waals surface area (Å²) < 4.78 is 11.2. The van der Waals surface area contributed by atoms with Gasteiger partial charge in [-0.05, 0) is 18.1 Å². The molecule has 10 heavy (non-hydrogen) atoms. The topological polar surface area (TPSA) is 29.1 Å². The van der Waals surface area contributed by atoms with Gasteiger partial charge in [0.2, 0.25) is 0 Å². The Kier molecular flexibility index (Phi) is 1.38. The quantitative estimate of drug-likeness (QED) is 0.552. The Hall–Kier alpha value is -0.570. The van der Waals surface area contributed by atoms with Crippen LogP contribution in [0.25, 0.3) is 0 Å².